The van der Waals surface area contributed by atoms with Crippen molar-refractivity contribution in [2.75, 3.05) is 46.4 Å². The van der Waals surface area contributed by atoms with Gasteiger partial charge in [0, 0.05) is 38.3 Å². The molecule has 3 aromatic rings. The number of fused-ring (bicyclic) bond motifs is 1. The second-order valence-corrected chi connectivity index (χ2v) is 7.11. The molecular weight excluding hydrogens is 368 g/mol. The molecule has 0 atom stereocenters. The van der Waals surface area contributed by atoms with Crippen LogP contribution in [0.25, 0.3) is 22.3 Å². The van der Waals surface area contributed by atoms with Crippen molar-refractivity contribution in [3.63, 3.8) is 0 Å². The molecule has 1 aliphatic heterocycles. The molecule has 0 saturated carbocycles. The van der Waals surface area contributed by atoms with E-state index >= 15 is 0 Å². The molecular formula is C23H26N2O4. The number of piperazine rings is 1. The molecule has 1 N–H and O–H groups in total. The zero-order valence-electron chi connectivity index (χ0n) is 16.6. The lowest BCUT2D eigenvalue weighted by Crippen LogP contribution is -2.44. The Bertz CT molecular complexity index is 1010. The largest absolute Gasteiger partial charge is 0.497 e. The third kappa shape index (κ3) is 4.44. The third-order valence-electron chi connectivity index (χ3n) is 5.17. The lowest BCUT2D eigenvalue weighted by atomic mass is 10.1. The van der Waals surface area contributed by atoms with Crippen molar-refractivity contribution in [3.05, 3.63) is 58.8 Å². The maximum atomic E-state index is 13.2. The topological polar surface area (TPSA) is 63.9 Å². The van der Waals surface area contributed by atoms with Crippen LogP contribution in [0.4, 0.5) is 0 Å². The fraction of sp³-hybridized carbons (Fsp3) is 0.348. The molecule has 6 heteroatoms. The monoisotopic (exact) mass is 394 g/mol. The molecule has 6 nitrogen and oxygen atoms in total. The average Bonchev–Trinajstić information content (AvgIpc) is 2.79. The lowest BCUT2D eigenvalue weighted by Gasteiger charge is -2.27. The van der Waals surface area contributed by atoms with Gasteiger partial charge in [-0.3, -0.25) is 4.79 Å². The standard InChI is InChI=1S/C23H26N2O4/c1-27-18-8-9-20-19(16-18)21(26)23(22(29-20)17-6-3-2-4-7-17)28-15-5-12-25-13-10-24-11-14-25/h2-4,6-9,16,24H,5,10-15H2,1H3. The van der Waals surface area contributed by atoms with E-state index in [0.717, 1.165) is 44.7 Å². The van der Waals surface area contributed by atoms with Crippen LogP contribution in [-0.4, -0.2) is 51.3 Å². The van der Waals surface area contributed by atoms with E-state index in [0.29, 0.717) is 29.1 Å². The molecule has 0 bridgehead atoms. The first-order chi connectivity index (χ1) is 14.3. The molecule has 152 valence electrons. The Morgan fingerprint density at radius 3 is 2.66 bits per heavy atom. The van der Waals surface area contributed by atoms with Crippen LogP contribution in [0.3, 0.4) is 0 Å². The average molecular weight is 394 g/mol. The quantitative estimate of drug-likeness (QED) is 0.621. The van der Waals surface area contributed by atoms with Crippen LogP contribution in [0, 0.1) is 0 Å². The number of benzene rings is 2. The molecule has 2 heterocycles. The van der Waals surface area contributed by atoms with E-state index in [1.165, 1.54) is 0 Å². The Morgan fingerprint density at radius 2 is 1.90 bits per heavy atom. The van der Waals surface area contributed by atoms with Crippen molar-refractivity contribution < 1.29 is 13.9 Å². The number of hydrogen-bond donors (Lipinski definition) is 1. The van der Waals surface area contributed by atoms with Crippen LogP contribution >= 0.6 is 0 Å². The summed E-state index contributed by atoms with van der Waals surface area (Å²) in [4.78, 5) is 15.6. The molecule has 4 rings (SSSR count). The van der Waals surface area contributed by atoms with Gasteiger partial charge in [0.1, 0.15) is 11.3 Å². The summed E-state index contributed by atoms with van der Waals surface area (Å²) in [6.45, 7) is 5.56. The summed E-state index contributed by atoms with van der Waals surface area (Å²) in [6.07, 6.45) is 0.851. The van der Waals surface area contributed by atoms with Crippen LogP contribution in [0.5, 0.6) is 11.5 Å². The predicted octanol–water partition coefficient (Wildman–Crippen LogP) is 3.14. The van der Waals surface area contributed by atoms with Crippen LogP contribution in [0.1, 0.15) is 6.42 Å². The number of hydrogen-bond acceptors (Lipinski definition) is 6. The van der Waals surface area contributed by atoms with Gasteiger partial charge in [-0.25, -0.2) is 0 Å². The first-order valence-electron chi connectivity index (χ1n) is 10.0. The van der Waals surface area contributed by atoms with Gasteiger partial charge in [0.15, 0.2) is 5.76 Å². The van der Waals surface area contributed by atoms with Gasteiger partial charge in [-0.05, 0) is 24.6 Å². The van der Waals surface area contributed by atoms with Crippen LogP contribution in [0.2, 0.25) is 0 Å². The smallest absolute Gasteiger partial charge is 0.235 e. The van der Waals surface area contributed by atoms with Crippen LogP contribution < -0.4 is 20.2 Å². The molecule has 0 unspecified atom stereocenters. The fourth-order valence-electron chi connectivity index (χ4n) is 3.59. The van der Waals surface area contributed by atoms with E-state index in [-0.39, 0.29) is 11.2 Å². The SMILES string of the molecule is COc1ccc2oc(-c3ccccc3)c(OCCCN3CCNCC3)c(=O)c2c1. The normalized spacial score (nSPS) is 14.8. The van der Waals surface area contributed by atoms with Gasteiger partial charge in [-0.1, -0.05) is 30.3 Å². The third-order valence-corrected chi connectivity index (χ3v) is 5.17. The van der Waals surface area contributed by atoms with Gasteiger partial charge >= 0.3 is 0 Å². The molecule has 0 radical (unpaired) electrons. The lowest BCUT2D eigenvalue weighted by molar-refractivity contribution is 0.212. The molecule has 1 aliphatic rings. The van der Waals surface area contributed by atoms with E-state index in [1.54, 1.807) is 25.3 Å². The Balaban J connectivity index is 1.62. The van der Waals surface area contributed by atoms with E-state index < -0.39 is 0 Å². The zero-order chi connectivity index (χ0) is 20.1. The number of rotatable bonds is 7. The summed E-state index contributed by atoms with van der Waals surface area (Å²) in [6, 6.07) is 14.8. The molecule has 0 amide bonds. The van der Waals surface area contributed by atoms with Crippen molar-refractivity contribution in [2.45, 2.75) is 6.42 Å². The van der Waals surface area contributed by atoms with Crippen molar-refractivity contribution >= 4 is 11.0 Å². The first-order valence-corrected chi connectivity index (χ1v) is 10.0. The minimum absolute atomic E-state index is 0.175. The second-order valence-electron chi connectivity index (χ2n) is 7.11. The number of methoxy groups -OCH3 is 1. The fourth-order valence-corrected chi connectivity index (χ4v) is 3.59. The van der Waals surface area contributed by atoms with Gasteiger partial charge in [-0.2, -0.15) is 0 Å². The van der Waals surface area contributed by atoms with Gasteiger partial charge in [0.05, 0.1) is 19.1 Å². The van der Waals surface area contributed by atoms with Crippen molar-refractivity contribution in [1.29, 1.82) is 0 Å². The highest BCUT2D eigenvalue weighted by atomic mass is 16.5. The number of ether oxygens (including phenoxy) is 2. The van der Waals surface area contributed by atoms with Gasteiger partial charge in [-0.15, -0.1) is 0 Å². The molecule has 1 aromatic heterocycles. The first kappa shape index (κ1) is 19.5. The van der Waals surface area contributed by atoms with Crippen LogP contribution in [0.15, 0.2) is 57.7 Å². The van der Waals surface area contributed by atoms with Crippen molar-refractivity contribution in [3.8, 4) is 22.8 Å². The summed E-state index contributed by atoms with van der Waals surface area (Å²) < 4.78 is 17.4. The van der Waals surface area contributed by atoms with Crippen LogP contribution in [-0.2, 0) is 0 Å². The van der Waals surface area contributed by atoms with Crippen molar-refractivity contribution in [1.82, 2.24) is 10.2 Å². The van der Waals surface area contributed by atoms with E-state index in [4.69, 9.17) is 13.9 Å². The maximum absolute atomic E-state index is 13.2. The second kappa shape index (κ2) is 9.11. The molecule has 1 saturated heterocycles. The Morgan fingerprint density at radius 1 is 1.10 bits per heavy atom. The molecule has 0 spiro atoms. The molecule has 29 heavy (non-hydrogen) atoms. The highest BCUT2D eigenvalue weighted by Crippen LogP contribution is 2.32. The number of nitrogens with one attached hydrogen (secondary N) is 1. The Kier molecular flexibility index (Phi) is 6.12. The summed E-state index contributed by atoms with van der Waals surface area (Å²) in [7, 11) is 1.58. The van der Waals surface area contributed by atoms with Gasteiger partial charge < -0.3 is 24.1 Å². The highest BCUT2D eigenvalue weighted by molar-refractivity contribution is 5.83. The van der Waals surface area contributed by atoms with E-state index in [9.17, 15) is 4.79 Å². The van der Waals surface area contributed by atoms with Crippen molar-refractivity contribution in [2.24, 2.45) is 0 Å². The summed E-state index contributed by atoms with van der Waals surface area (Å²) >= 11 is 0. The van der Waals surface area contributed by atoms with Gasteiger partial charge in [0.25, 0.3) is 0 Å². The summed E-state index contributed by atoms with van der Waals surface area (Å²) in [5.41, 5.74) is 1.16. The molecule has 1 fully saturated rings. The minimum atomic E-state index is -0.175. The van der Waals surface area contributed by atoms with Gasteiger partial charge in [0.2, 0.25) is 11.2 Å². The number of nitrogens with zero attached hydrogens (tertiary/aromatic N) is 1. The zero-order valence-corrected chi connectivity index (χ0v) is 16.6. The minimum Gasteiger partial charge on any atom is -0.497 e. The highest BCUT2D eigenvalue weighted by Gasteiger charge is 2.18. The van der Waals surface area contributed by atoms with E-state index in [2.05, 4.69) is 10.2 Å². The molecule has 2 aromatic carbocycles. The molecule has 0 aliphatic carbocycles. The predicted molar refractivity (Wildman–Crippen MR) is 114 cm³/mol. The summed E-state index contributed by atoms with van der Waals surface area (Å²) in [5.74, 6) is 1.34. The Hall–Kier alpha value is -2.83. The summed E-state index contributed by atoms with van der Waals surface area (Å²) in [5, 5.41) is 3.81. The van der Waals surface area contributed by atoms with E-state index in [1.807, 2.05) is 30.3 Å². The Labute approximate surface area is 170 Å². The maximum Gasteiger partial charge on any atom is 0.235 e.